The van der Waals surface area contributed by atoms with E-state index >= 15 is 0 Å². The fourth-order valence-electron chi connectivity index (χ4n) is 3.85. The molecule has 0 aliphatic carbocycles. The summed E-state index contributed by atoms with van der Waals surface area (Å²) >= 11 is 0. The molecule has 2 saturated heterocycles. The quantitative estimate of drug-likeness (QED) is 0.866. The van der Waals surface area contributed by atoms with E-state index in [2.05, 4.69) is 9.88 Å². The third-order valence-electron chi connectivity index (χ3n) is 4.93. The van der Waals surface area contributed by atoms with Gasteiger partial charge in [0.2, 0.25) is 0 Å². The predicted molar refractivity (Wildman–Crippen MR) is 71.6 cm³/mol. The van der Waals surface area contributed by atoms with Crippen LogP contribution in [0.2, 0.25) is 0 Å². The third-order valence-corrected chi connectivity index (χ3v) is 4.93. The molecule has 0 spiro atoms. The zero-order valence-electron chi connectivity index (χ0n) is 11.9. The first kappa shape index (κ1) is 14.8. The first-order valence-electron chi connectivity index (χ1n) is 7.28. The Labute approximate surface area is 121 Å². The van der Waals surface area contributed by atoms with E-state index < -0.39 is 17.3 Å². The molecule has 2 fully saturated rings. The van der Waals surface area contributed by atoms with E-state index in [1.165, 1.54) is 12.3 Å². The number of halogens is 3. The summed E-state index contributed by atoms with van der Waals surface area (Å²) in [5.74, 6) is 0. The molecule has 2 aliphatic rings. The Balaban J connectivity index is 2.00. The van der Waals surface area contributed by atoms with E-state index in [1.807, 2.05) is 7.05 Å². The van der Waals surface area contributed by atoms with Crippen LogP contribution in [0.4, 0.5) is 13.2 Å². The van der Waals surface area contributed by atoms with Crippen molar-refractivity contribution < 1.29 is 18.3 Å². The number of rotatable bonds is 1. The first-order chi connectivity index (χ1) is 9.81. The number of pyridine rings is 1. The maximum atomic E-state index is 13.2. The summed E-state index contributed by atoms with van der Waals surface area (Å²) in [6.45, 7) is 0. The normalized spacial score (nSPS) is 34.0. The van der Waals surface area contributed by atoms with Gasteiger partial charge in [0.05, 0.1) is 11.3 Å². The van der Waals surface area contributed by atoms with Crippen molar-refractivity contribution in [1.82, 2.24) is 9.88 Å². The van der Waals surface area contributed by atoms with Gasteiger partial charge in [-0.3, -0.25) is 4.98 Å². The molecule has 2 unspecified atom stereocenters. The lowest BCUT2D eigenvalue weighted by Gasteiger charge is -2.50. The van der Waals surface area contributed by atoms with Gasteiger partial charge in [0.15, 0.2) is 0 Å². The van der Waals surface area contributed by atoms with Crippen LogP contribution in [-0.2, 0) is 11.8 Å². The van der Waals surface area contributed by atoms with Crippen LogP contribution in [0.15, 0.2) is 18.3 Å². The molecule has 1 aromatic heterocycles. The van der Waals surface area contributed by atoms with Gasteiger partial charge >= 0.3 is 6.18 Å². The molecule has 0 radical (unpaired) electrons. The van der Waals surface area contributed by atoms with E-state index in [-0.39, 0.29) is 17.8 Å². The molecule has 2 bridgehead atoms. The number of aromatic nitrogens is 1. The topological polar surface area (TPSA) is 36.4 Å². The average Bonchev–Trinajstić information content (AvgIpc) is 2.40. The fraction of sp³-hybridized carbons (Fsp3) is 0.667. The second-order valence-electron chi connectivity index (χ2n) is 6.24. The van der Waals surface area contributed by atoms with Crippen LogP contribution >= 0.6 is 0 Å². The van der Waals surface area contributed by atoms with Crippen LogP contribution < -0.4 is 0 Å². The Morgan fingerprint density at radius 3 is 2.48 bits per heavy atom. The van der Waals surface area contributed by atoms with Crippen LogP contribution in [-0.4, -0.2) is 34.1 Å². The Hall–Kier alpha value is -1.14. The maximum Gasteiger partial charge on any atom is 0.418 e. The van der Waals surface area contributed by atoms with Crippen LogP contribution in [0.5, 0.6) is 0 Å². The van der Waals surface area contributed by atoms with Crippen LogP contribution in [0.3, 0.4) is 0 Å². The zero-order valence-corrected chi connectivity index (χ0v) is 11.9. The number of nitrogens with zero attached hydrogens (tertiary/aromatic N) is 2. The first-order valence-corrected chi connectivity index (χ1v) is 7.28. The van der Waals surface area contributed by atoms with Crippen molar-refractivity contribution in [3.8, 4) is 0 Å². The molecule has 1 N–H and O–H groups in total. The molecule has 3 heterocycles. The van der Waals surface area contributed by atoms with Crippen molar-refractivity contribution in [3.05, 3.63) is 29.6 Å². The number of hydrogen-bond acceptors (Lipinski definition) is 3. The highest BCUT2D eigenvalue weighted by atomic mass is 19.4. The Morgan fingerprint density at radius 2 is 1.90 bits per heavy atom. The fourth-order valence-corrected chi connectivity index (χ4v) is 3.85. The molecule has 0 saturated carbocycles. The maximum absolute atomic E-state index is 13.2. The predicted octanol–water partition coefficient (Wildman–Crippen LogP) is 2.93. The number of aliphatic hydroxyl groups is 1. The standard InChI is InChI=1S/C15H19F3N2O/c1-20-10-4-2-5-11(20)9-14(21,8-10)13-12(15(16,17)18)6-3-7-19-13/h3,6-7,10-11,21H,2,4-5,8-9H2,1H3. The molecular formula is C15H19F3N2O. The van der Waals surface area contributed by atoms with Crippen molar-refractivity contribution in [2.24, 2.45) is 0 Å². The van der Waals surface area contributed by atoms with Crippen molar-refractivity contribution >= 4 is 0 Å². The van der Waals surface area contributed by atoms with E-state index in [0.717, 1.165) is 25.3 Å². The largest absolute Gasteiger partial charge is 0.418 e. The van der Waals surface area contributed by atoms with Gasteiger partial charge in [-0.05, 0) is 44.9 Å². The number of hydrogen-bond donors (Lipinski definition) is 1. The average molecular weight is 300 g/mol. The van der Waals surface area contributed by atoms with Crippen molar-refractivity contribution in [2.75, 3.05) is 7.05 Å². The lowest BCUT2D eigenvalue weighted by Crippen LogP contribution is -2.55. The highest BCUT2D eigenvalue weighted by molar-refractivity contribution is 5.29. The molecule has 6 heteroatoms. The van der Waals surface area contributed by atoms with Gasteiger partial charge in [-0.1, -0.05) is 6.42 Å². The highest BCUT2D eigenvalue weighted by Gasteiger charge is 2.49. The number of piperidine rings is 2. The van der Waals surface area contributed by atoms with Crippen molar-refractivity contribution in [2.45, 2.75) is 56.0 Å². The summed E-state index contributed by atoms with van der Waals surface area (Å²) in [6.07, 6.45) is 0.395. The smallest absolute Gasteiger partial charge is 0.383 e. The SMILES string of the molecule is CN1C2CCCC1CC(O)(c1ncccc1C(F)(F)F)C2. The Morgan fingerprint density at radius 1 is 1.29 bits per heavy atom. The Kier molecular flexibility index (Phi) is 3.48. The number of alkyl halides is 3. The van der Waals surface area contributed by atoms with E-state index in [4.69, 9.17) is 0 Å². The van der Waals surface area contributed by atoms with E-state index in [9.17, 15) is 18.3 Å². The third kappa shape index (κ3) is 2.55. The second kappa shape index (κ2) is 4.95. The minimum Gasteiger partial charge on any atom is -0.383 e. The molecule has 2 atom stereocenters. The molecule has 3 nitrogen and oxygen atoms in total. The minimum atomic E-state index is -4.49. The summed E-state index contributed by atoms with van der Waals surface area (Å²) in [6, 6.07) is 2.54. The van der Waals surface area contributed by atoms with Crippen LogP contribution in [0, 0.1) is 0 Å². The molecule has 1 aromatic rings. The van der Waals surface area contributed by atoms with Crippen molar-refractivity contribution in [1.29, 1.82) is 0 Å². The van der Waals surface area contributed by atoms with Gasteiger partial charge in [0.1, 0.15) is 5.60 Å². The minimum absolute atomic E-state index is 0.130. The van der Waals surface area contributed by atoms with Gasteiger partial charge < -0.3 is 10.0 Å². The van der Waals surface area contributed by atoms with Gasteiger partial charge in [-0.2, -0.15) is 13.2 Å². The molecule has 3 rings (SSSR count). The Bertz CT molecular complexity index is 518. The summed E-state index contributed by atoms with van der Waals surface area (Å²) < 4.78 is 39.5. The summed E-state index contributed by atoms with van der Waals surface area (Å²) in [4.78, 5) is 6.11. The summed E-state index contributed by atoms with van der Waals surface area (Å²) in [5.41, 5.74) is -2.49. The monoisotopic (exact) mass is 300 g/mol. The lowest BCUT2D eigenvalue weighted by atomic mass is 9.73. The van der Waals surface area contributed by atoms with Crippen LogP contribution in [0.1, 0.15) is 43.4 Å². The highest BCUT2D eigenvalue weighted by Crippen LogP contribution is 2.46. The lowest BCUT2D eigenvalue weighted by molar-refractivity contribution is -0.145. The van der Waals surface area contributed by atoms with Gasteiger partial charge in [0, 0.05) is 18.3 Å². The van der Waals surface area contributed by atoms with E-state index in [0.29, 0.717) is 12.8 Å². The van der Waals surface area contributed by atoms with Gasteiger partial charge in [0.25, 0.3) is 0 Å². The summed E-state index contributed by atoms with van der Waals surface area (Å²) in [5, 5.41) is 10.9. The molecule has 2 aliphatic heterocycles. The zero-order chi connectivity index (χ0) is 15.3. The molecule has 0 amide bonds. The molecule has 21 heavy (non-hydrogen) atoms. The summed E-state index contributed by atoms with van der Waals surface area (Å²) in [7, 11) is 2.00. The van der Waals surface area contributed by atoms with Crippen LogP contribution in [0.25, 0.3) is 0 Å². The van der Waals surface area contributed by atoms with E-state index in [1.54, 1.807) is 0 Å². The van der Waals surface area contributed by atoms with Gasteiger partial charge in [-0.25, -0.2) is 0 Å². The molecule has 116 valence electrons. The van der Waals surface area contributed by atoms with Gasteiger partial charge in [-0.15, -0.1) is 0 Å². The molecule has 0 aromatic carbocycles. The molecular weight excluding hydrogens is 281 g/mol. The second-order valence-corrected chi connectivity index (χ2v) is 6.24. The van der Waals surface area contributed by atoms with Crippen molar-refractivity contribution in [3.63, 3.8) is 0 Å². The number of fused-ring (bicyclic) bond motifs is 2.